The molecule has 1 aromatic heterocycles. The summed E-state index contributed by atoms with van der Waals surface area (Å²) in [5, 5.41) is 15.7. The number of esters is 1. The fourth-order valence-electron chi connectivity index (χ4n) is 2.28. The molecule has 10 nitrogen and oxygen atoms in total. The van der Waals surface area contributed by atoms with E-state index in [1.165, 1.54) is 7.11 Å². The van der Waals surface area contributed by atoms with E-state index in [0.717, 1.165) is 38.0 Å². The smallest absolute Gasteiger partial charge is 0.323 e. The molecule has 0 bridgehead atoms. The van der Waals surface area contributed by atoms with Crippen LogP contribution in [0.2, 0.25) is 0 Å². The number of aromatic amines is 1. The maximum atomic E-state index is 11.8. The van der Waals surface area contributed by atoms with Crippen LogP contribution in [0.15, 0.2) is 12.5 Å². The van der Waals surface area contributed by atoms with Gasteiger partial charge in [0.2, 0.25) is 0 Å². The first-order valence-electron chi connectivity index (χ1n) is 8.40. The fourth-order valence-corrected chi connectivity index (χ4v) is 2.28. The van der Waals surface area contributed by atoms with E-state index in [1.807, 2.05) is 0 Å². The van der Waals surface area contributed by atoms with Gasteiger partial charge in [-0.2, -0.15) is 0 Å². The van der Waals surface area contributed by atoms with Gasteiger partial charge in [-0.1, -0.05) is 6.42 Å². The van der Waals surface area contributed by atoms with Gasteiger partial charge in [0.25, 0.3) is 5.09 Å². The molecule has 0 saturated carbocycles. The molecule has 0 aliphatic heterocycles. The van der Waals surface area contributed by atoms with Crippen LogP contribution < -0.4 is 10.6 Å². The molecule has 1 atom stereocenters. The van der Waals surface area contributed by atoms with E-state index in [1.54, 1.807) is 12.5 Å². The number of rotatable bonds is 15. The van der Waals surface area contributed by atoms with Gasteiger partial charge in [-0.15, -0.1) is 10.1 Å². The van der Waals surface area contributed by atoms with E-state index in [0.29, 0.717) is 19.4 Å². The first kappa shape index (κ1) is 20.8. The molecule has 10 heteroatoms. The van der Waals surface area contributed by atoms with Crippen molar-refractivity contribution in [3.8, 4) is 0 Å². The van der Waals surface area contributed by atoms with E-state index >= 15 is 0 Å². The highest BCUT2D eigenvalue weighted by Crippen LogP contribution is 2.00. The van der Waals surface area contributed by atoms with Crippen LogP contribution in [-0.2, 0) is 20.8 Å². The summed E-state index contributed by atoms with van der Waals surface area (Å²) in [6.07, 6.45) is 7.16. The number of carbonyl (C=O) groups is 1. The van der Waals surface area contributed by atoms with Crippen molar-refractivity contribution in [2.75, 3.05) is 33.4 Å². The Morgan fingerprint density at radius 2 is 2.12 bits per heavy atom. The Kier molecular flexibility index (Phi) is 10.9. The second-order valence-electron chi connectivity index (χ2n) is 5.53. The molecule has 0 aliphatic carbocycles. The van der Waals surface area contributed by atoms with Crippen molar-refractivity contribution in [1.82, 2.24) is 20.6 Å². The Morgan fingerprint density at radius 1 is 1.32 bits per heavy atom. The van der Waals surface area contributed by atoms with Gasteiger partial charge < -0.3 is 25.2 Å². The van der Waals surface area contributed by atoms with Gasteiger partial charge in [0.1, 0.15) is 6.04 Å². The zero-order valence-electron chi connectivity index (χ0n) is 14.5. The predicted octanol–water partition coefficient (Wildman–Crippen LogP) is 0.442. The zero-order valence-corrected chi connectivity index (χ0v) is 14.5. The van der Waals surface area contributed by atoms with Gasteiger partial charge in [0.05, 0.1) is 20.0 Å². The first-order valence-corrected chi connectivity index (χ1v) is 8.40. The molecule has 0 amide bonds. The van der Waals surface area contributed by atoms with E-state index < -0.39 is 11.1 Å². The molecule has 3 N–H and O–H groups in total. The topological polar surface area (TPSA) is 131 Å². The molecule has 1 heterocycles. The third-order valence-electron chi connectivity index (χ3n) is 3.58. The second-order valence-corrected chi connectivity index (χ2v) is 5.53. The predicted molar refractivity (Wildman–Crippen MR) is 90.4 cm³/mol. The molecular weight excluding hydrogens is 330 g/mol. The number of aromatic nitrogens is 2. The maximum Gasteiger partial charge on any atom is 0.323 e. The quantitative estimate of drug-likeness (QED) is 0.178. The molecule has 142 valence electrons. The lowest BCUT2D eigenvalue weighted by atomic mass is 10.1. The van der Waals surface area contributed by atoms with Crippen molar-refractivity contribution in [2.24, 2.45) is 0 Å². The van der Waals surface area contributed by atoms with Crippen LogP contribution in [-0.4, -0.2) is 60.4 Å². The summed E-state index contributed by atoms with van der Waals surface area (Å²) in [6, 6.07) is -0.396. The van der Waals surface area contributed by atoms with Crippen LogP contribution in [0.25, 0.3) is 0 Å². The zero-order chi connectivity index (χ0) is 18.3. The van der Waals surface area contributed by atoms with Gasteiger partial charge >= 0.3 is 5.97 Å². The average Bonchev–Trinajstić information content (AvgIpc) is 3.10. The number of carbonyl (C=O) groups excluding carboxylic acids is 1. The minimum Gasteiger partial charge on any atom is -0.468 e. The van der Waals surface area contributed by atoms with Crippen molar-refractivity contribution in [3.05, 3.63) is 28.3 Å². The van der Waals surface area contributed by atoms with Crippen LogP contribution in [0, 0.1) is 10.1 Å². The largest absolute Gasteiger partial charge is 0.468 e. The fraction of sp³-hybridized carbons (Fsp3) is 0.733. The average molecular weight is 357 g/mol. The molecule has 25 heavy (non-hydrogen) atoms. The van der Waals surface area contributed by atoms with Crippen molar-refractivity contribution in [2.45, 2.75) is 38.1 Å². The summed E-state index contributed by atoms with van der Waals surface area (Å²) in [6.45, 7) is 2.53. The first-order chi connectivity index (χ1) is 12.1. The number of methoxy groups -OCH3 is 1. The van der Waals surface area contributed by atoms with Crippen molar-refractivity contribution >= 4 is 5.97 Å². The minimum atomic E-state index is -0.765. The molecule has 0 fully saturated rings. The Balaban J connectivity index is 2.02. The summed E-state index contributed by atoms with van der Waals surface area (Å²) in [5.74, 6) is -0.292. The van der Waals surface area contributed by atoms with E-state index in [4.69, 9.17) is 4.74 Å². The monoisotopic (exact) mass is 357 g/mol. The van der Waals surface area contributed by atoms with E-state index in [9.17, 15) is 14.9 Å². The number of H-pyrrole nitrogens is 1. The molecule has 0 spiro atoms. The maximum absolute atomic E-state index is 11.8. The number of hydrogen-bond acceptors (Lipinski definition) is 8. The van der Waals surface area contributed by atoms with Gasteiger partial charge in [-0.25, -0.2) is 4.98 Å². The minimum absolute atomic E-state index is 0.155. The highest BCUT2D eigenvalue weighted by molar-refractivity contribution is 5.75. The highest BCUT2D eigenvalue weighted by atomic mass is 16.9. The van der Waals surface area contributed by atoms with Gasteiger partial charge in [0, 0.05) is 18.3 Å². The van der Waals surface area contributed by atoms with Gasteiger partial charge in [-0.05, 0) is 38.9 Å². The third kappa shape index (κ3) is 10.3. The number of nitrogens with one attached hydrogen (secondary N) is 3. The van der Waals surface area contributed by atoms with Crippen LogP contribution >= 0.6 is 0 Å². The summed E-state index contributed by atoms with van der Waals surface area (Å²) >= 11 is 0. The molecule has 0 unspecified atom stereocenters. The highest BCUT2D eigenvalue weighted by Gasteiger charge is 2.19. The molecular formula is C15H27N5O5. The number of unbranched alkanes of at least 4 members (excludes halogenated alkanes) is 2. The van der Waals surface area contributed by atoms with E-state index in [2.05, 4.69) is 25.4 Å². The second kappa shape index (κ2) is 13.1. The van der Waals surface area contributed by atoms with Crippen LogP contribution in [0.1, 0.15) is 31.4 Å². The number of nitrogens with zero attached hydrogens (tertiary/aromatic N) is 2. The Morgan fingerprint density at radius 3 is 2.80 bits per heavy atom. The molecule has 1 rings (SSSR count). The van der Waals surface area contributed by atoms with Crippen LogP contribution in [0.4, 0.5) is 0 Å². The SMILES string of the molecule is COC(=O)[C@H](Cc1cnc[nH]1)NCCCNCCCCCO[N+](=O)[O-]. The number of hydrogen-bond donors (Lipinski definition) is 3. The lowest BCUT2D eigenvalue weighted by molar-refractivity contribution is -0.757. The summed E-state index contributed by atoms with van der Waals surface area (Å²) < 4.78 is 4.81. The third-order valence-corrected chi connectivity index (χ3v) is 3.58. The number of imidazole rings is 1. The summed E-state index contributed by atoms with van der Waals surface area (Å²) in [7, 11) is 1.38. The van der Waals surface area contributed by atoms with Gasteiger partial charge in [-0.3, -0.25) is 4.79 Å². The molecule has 0 aliphatic rings. The standard InChI is InChI=1S/C15H27N5O5/c1-24-15(21)14(10-13-11-17-12-19-13)18-8-5-7-16-6-3-2-4-9-25-20(22)23/h11-12,14,16,18H,2-10H2,1H3,(H,17,19)/t14-/m0/s1. The van der Waals surface area contributed by atoms with Crippen molar-refractivity contribution in [1.29, 1.82) is 0 Å². The molecule has 1 aromatic rings. The van der Waals surface area contributed by atoms with Crippen molar-refractivity contribution < 1.29 is 19.5 Å². The van der Waals surface area contributed by atoms with Gasteiger partial charge in [0.15, 0.2) is 0 Å². The lowest BCUT2D eigenvalue weighted by Crippen LogP contribution is -2.40. The normalized spacial score (nSPS) is 11.9. The lowest BCUT2D eigenvalue weighted by Gasteiger charge is -2.15. The molecule has 0 radical (unpaired) electrons. The Hall–Kier alpha value is -2.20. The van der Waals surface area contributed by atoms with E-state index in [-0.39, 0.29) is 12.6 Å². The van der Waals surface area contributed by atoms with Crippen LogP contribution in [0.5, 0.6) is 0 Å². The van der Waals surface area contributed by atoms with Crippen LogP contribution in [0.3, 0.4) is 0 Å². The Bertz CT molecular complexity index is 483. The molecule has 0 saturated heterocycles. The number of ether oxygens (including phenoxy) is 1. The Labute approximate surface area is 146 Å². The summed E-state index contributed by atoms with van der Waals surface area (Å²) in [4.78, 5) is 32.9. The summed E-state index contributed by atoms with van der Waals surface area (Å²) in [5.41, 5.74) is 0.877. The molecule has 0 aromatic carbocycles. The van der Waals surface area contributed by atoms with Crippen molar-refractivity contribution in [3.63, 3.8) is 0 Å².